The standard InChI is InChI=1S/C18H21NO.CH4/c1-13(2)17-9-6-16(7-10-17)11-14(3)5-8-18-12-19-20-15(18)4;/h5-10,12-13H,4,11H2,1-3H3;1H4/b14-5+,18-8-;. The van der Waals surface area contributed by atoms with E-state index in [1.807, 2.05) is 6.08 Å². The van der Waals surface area contributed by atoms with Crippen LogP contribution in [0.5, 0.6) is 0 Å². The van der Waals surface area contributed by atoms with Crippen LogP contribution in [-0.2, 0) is 6.42 Å². The van der Waals surface area contributed by atoms with Crippen molar-refractivity contribution >= 4 is 12.7 Å². The van der Waals surface area contributed by atoms with Crippen molar-refractivity contribution in [1.29, 1.82) is 0 Å². The van der Waals surface area contributed by atoms with Crippen LogP contribution in [0.1, 0.15) is 45.2 Å². The minimum absolute atomic E-state index is 0. The van der Waals surface area contributed by atoms with Crippen molar-refractivity contribution in [3.05, 3.63) is 63.9 Å². The Morgan fingerprint density at radius 2 is 1.95 bits per heavy atom. The van der Waals surface area contributed by atoms with Gasteiger partial charge in [-0.1, -0.05) is 68.9 Å². The van der Waals surface area contributed by atoms with Crippen molar-refractivity contribution in [2.75, 3.05) is 0 Å². The van der Waals surface area contributed by atoms with Gasteiger partial charge in [-0.05, 0) is 36.5 Å². The Hall–Kier alpha value is -2.09. The SMILES string of the molecule is C.C=c1onc/c1=C/C=C(\C)Cc1ccc(C(C)C)cc1. The van der Waals surface area contributed by atoms with Crippen molar-refractivity contribution in [2.24, 2.45) is 0 Å². The highest BCUT2D eigenvalue weighted by atomic mass is 16.5. The third-order valence-corrected chi connectivity index (χ3v) is 3.35. The van der Waals surface area contributed by atoms with E-state index < -0.39 is 0 Å². The monoisotopic (exact) mass is 283 g/mol. The highest BCUT2D eigenvalue weighted by molar-refractivity contribution is 5.39. The van der Waals surface area contributed by atoms with Gasteiger partial charge >= 0.3 is 0 Å². The Kier molecular flexibility index (Phi) is 6.16. The quantitative estimate of drug-likeness (QED) is 0.852. The lowest BCUT2D eigenvalue weighted by atomic mass is 9.99. The van der Waals surface area contributed by atoms with E-state index in [1.54, 1.807) is 6.20 Å². The lowest BCUT2D eigenvalue weighted by Gasteiger charge is -2.07. The van der Waals surface area contributed by atoms with Gasteiger partial charge in [-0.25, -0.2) is 0 Å². The van der Waals surface area contributed by atoms with Gasteiger partial charge in [-0.3, -0.25) is 0 Å². The molecule has 0 radical (unpaired) electrons. The van der Waals surface area contributed by atoms with E-state index in [-0.39, 0.29) is 7.43 Å². The summed E-state index contributed by atoms with van der Waals surface area (Å²) in [6.45, 7) is 10.3. The largest absolute Gasteiger partial charge is 0.357 e. The predicted molar refractivity (Wildman–Crippen MR) is 90.5 cm³/mol. The fraction of sp³-hybridized carbons (Fsp3) is 0.316. The first kappa shape index (κ1) is 17.0. The first-order valence-corrected chi connectivity index (χ1v) is 6.92. The molecule has 0 saturated carbocycles. The lowest BCUT2D eigenvalue weighted by molar-refractivity contribution is 0.395. The van der Waals surface area contributed by atoms with Gasteiger partial charge < -0.3 is 4.52 Å². The fourth-order valence-corrected chi connectivity index (χ4v) is 2.04. The van der Waals surface area contributed by atoms with Crippen LogP contribution in [0.2, 0.25) is 0 Å². The Bertz CT molecular complexity index is 690. The molecule has 0 aliphatic carbocycles. The molecule has 0 saturated heterocycles. The van der Waals surface area contributed by atoms with Gasteiger partial charge in [0.05, 0.1) is 6.20 Å². The zero-order chi connectivity index (χ0) is 14.5. The minimum atomic E-state index is 0. The maximum absolute atomic E-state index is 4.93. The molecule has 2 nitrogen and oxygen atoms in total. The summed E-state index contributed by atoms with van der Waals surface area (Å²) in [4.78, 5) is 0. The molecule has 2 heteroatoms. The van der Waals surface area contributed by atoms with Crippen LogP contribution in [0.15, 0.2) is 46.6 Å². The van der Waals surface area contributed by atoms with Gasteiger partial charge in [-0.15, -0.1) is 0 Å². The van der Waals surface area contributed by atoms with Gasteiger partial charge in [0.25, 0.3) is 0 Å². The molecule has 0 atom stereocenters. The number of benzene rings is 1. The molecule has 1 heterocycles. The van der Waals surface area contributed by atoms with E-state index in [2.05, 4.69) is 62.8 Å². The number of nitrogens with zero attached hydrogens (tertiary/aromatic N) is 1. The number of hydrogen-bond acceptors (Lipinski definition) is 2. The summed E-state index contributed by atoms with van der Waals surface area (Å²) in [5.41, 5.74) is 4.61. The molecule has 0 aliphatic rings. The first-order valence-electron chi connectivity index (χ1n) is 6.92. The molecule has 0 aliphatic heterocycles. The summed E-state index contributed by atoms with van der Waals surface area (Å²) in [5.74, 6) is 0.582. The molecular weight excluding hydrogens is 258 g/mol. The number of aromatic nitrogens is 1. The molecule has 0 unspecified atom stereocenters. The average Bonchev–Trinajstić information content (AvgIpc) is 2.82. The number of rotatable bonds is 4. The maximum Gasteiger partial charge on any atom is 0.159 e. The van der Waals surface area contributed by atoms with E-state index in [0.717, 1.165) is 11.6 Å². The summed E-state index contributed by atoms with van der Waals surface area (Å²) in [5, 5.41) is 4.64. The molecule has 0 fully saturated rings. The number of allylic oxidation sites excluding steroid dienone is 2. The van der Waals surface area contributed by atoms with Crippen LogP contribution in [-0.4, -0.2) is 5.16 Å². The van der Waals surface area contributed by atoms with Crippen molar-refractivity contribution in [3.63, 3.8) is 0 Å². The highest BCUT2D eigenvalue weighted by Crippen LogP contribution is 2.16. The zero-order valence-corrected chi connectivity index (χ0v) is 12.4. The Balaban J connectivity index is 0.00000220. The second-order valence-electron chi connectivity index (χ2n) is 5.46. The first-order chi connectivity index (χ1) is 9.56. The minimum Gasteiger partial charge on any atom is -0.357 e. The van der Waals surface area contributed by atoms with E-state index in [1.165, 1.54) is 16.7 Å². The van der Waals surface area contributed by atoms with E-state index in [0.29, 0.717) is 11.3 Å². The summed E-state index contributed by atoms with van der Waals surface area (Å²) in [6.07, 6.45) is 6.73. The molecule has 1 aromatic carbocycles. The Morgan fingerprint density at radius 3 is 2.48 bits per heavy atom. The molecule has 0 amide bonds. The third kappa shape index (κ3) is 4.75. The molecule has 2 rings (SSSR count). The third-order valence-electron chi connectivity index (χ3n) is 3.35. The predicted octanol–water partition coefficient (Wildman–Crippen LogP) is 3.81. The van der Waals surface area contributed by atoms with Crippen molar-refractivity contribution in [1.82, 2.24) is 5.16 Å². The molecule has 0 bridgehead atoms. The van der Waals surface area contributed by atoms with Crippen LogP contribution in [0.3, 0.4) is 0 Å². The lowest BCUT2D eigenvalue weighted by Crippen LogP contribution is -2.16. The van der Waals surface area contributed by atoms with Crippen LogP contribution in [0, 0.1) is 0 Å². The molecule has 21 heavy (non-hydrogen) atoms. The molecule has 112 valence electrons. The topological polar surface area (TPSA) is 26.0 Å². The Morgan fingerprint density at radius 1 is 1.29 bits per heavy atom. The van der Waals surface area contributed by atoms with E-state index >= 15 is 0 Å². The van der Waals surface area contributed by atoms with Crippen molar-refractivity contribution in [3.8, 4) is 0 Å². The zero-order valence-electron chi connectivity index (χ0n) is 12.4. The molecule has 1 aromatic heterocycles. The second-order valence-corrected chi connectivity index (χ2v) is 5.46. The summed E-state index contributed by atoms with van der Waals surface area (Å²) < 4.78 is 4.93. The van der Waals surface area contributed by atoms with Gasteiger partial charge in [0.1, 0.15) is 0 Å². The number of hydrogen-bond donors (Lipinski definition) is 0. The van der Waals surface area contributed by atoms with Gasteiger partial charge in [-0.2, -0.15) is 0 Å². The summed E-state index contributed by atoms with van der Waals surface area (Å²) >= 11 is 0. The molecule has 0 spiro atoms. The van der Waals surface area contributed by atoms with Crippen molar-refractivity contribution < 1.29 is 4.52 Å². The van der Waals surface area contributed by atoms with Gasteiger partial charge in [0.2, 0.25) is 0 Å². The Labute approximate surface area is 127 Å². The van der Waals surface area contributed by atoms with Crippen LogP contribution in [0.25, 0.3) is 12.7 Å². The van der Waals surface area contributed by atoms with Gasteiger partial charge in [0.15, 0.2) is 5.42 Å². The van der Waals surface area contributed by atoms with Gasteiger partial charge in [0, 0.05) is 5.22 Å². The second kappa shape index (κ2) is 7.63. The summed E-state index contributed by atoms with van der Waals surface area (Å²) in [6, 6.07) is 8.84. The fourth-order valence-electron chi connectivity index (χ4n) is 2.04. The van der Waals surface area contributed by atoms with Crippen molar-refractivity contribution in [2.45, 2.75) is 40.5 Å². The molecular formula is C19H25NO. The van der Waals surface area contributed by atoms with E-state index in [9.17, 15) is 0 Å². The molecule has 2 aromatic rings. The smallest absolute Gasteiger partial charge is 0.159 e. The maximum atomic E-state index is 4.93. The van der Waals surface area contributed by atoms with Crippen LogP contribution < -0.4 is 10.6 Å². The summed E-state index contributed by atoms with van der Waals surface area (Å²) in [7, 11) is 0. The van der Waals surface area contributed by atoms with E-state index in [4.69, 9.17) is 4.52 Å². The van der Waals surface area contributed by atoms with Crippen LogP contribution in [0.4, 0.5) is 0 Å². The normalized spacial score (nSPS) is 12.6. The average molecular weight is 283 g/mol. The highest BCUT2D eigenvalue weighted by Gasteiger charge is 1.99. The van der Waals surface area contributed by atoms with Crippen LogP contribution >= 0.6 is 0 Å². The molecule has 0 N–H and O–H groups in total.